The molecule has 46 heavy (non-hydrogen) atoms. The lowest BCUT2D eigenvalue weighted by Gasteiger charge is -2.36. The lowest BCUT2D eigenvalue weighted by molar-refractivity contribution is -0.277. The van der Waals surface area contributed by atoms with Crippen molar-refractivity contribution in [3.05, 3.63) is 94.1 Å². The first-order valence-electron chi connectivity index (χ1n) is 15.4. The fourth-order valence-electron chi connectivity index (χ4n) is 5.65. The third-order valence-corrected chi connectivity index (χ3v) is 8.30. The van der Waals surface area contributed by atoms with Crippen molar-refractivity contribution in [3.63, 3.8) is 0 Å². The number of phenolic OH excluding ortho intramolecular Hbond substituents is 1. The summed E-state index contributed by atoms with van der Waals surface area (Å²) in [5.41, 5.74) is -0.221. The average molecular weight is 643 g/mol. The summed E-state index contributed by atoms with van der Waals surface area (Å²) in [6.07, 6.45) is 2.98. The molecular weight excluding hydrogens is 597 g/mol. The molecule has 0 saturated heterocycles. The van der Waals surface area contributed by atoms with Gasteiger partial charge in [0.2, 0.25) is 5.78 Å². The Hall–Kier alpha value is -3.85. The van der Waals surface area contributed by atoms with Gasteiger partial charge in [0.15, 0.2) is 6.10 Å². The van der Waals surface area contributed by atoms with Gasteiger partial charge in [0, 0.05) is 12.7 Å². The number of ketones is 1. The number of aryl methyl sites for hydroxylation is 2. The summed E-state index contributed by atoms with van der Waals surface area (Å²) in [5.74, 6) is -1.23. The summed E-state index contributed by atoms with van der Waals surface area (Å²) in [5, 5.41) is 9.89. The minimum atomic E-state index is -5.15. The molecule has 0 aromatic heterocycles. The number of allylic oxidation sites excluding steroid dienone is 4. The predicted octanol–water partition coefficient (Wildman–Crippen LogP) is 8.79. The number of halogens is 3. The Bertz CT molecular complexity index is 1490. The number of methoxy groups -OCH3 is 1. The SMILES string of the molecule is CO[C@](C(=O)O[C@H](C=C(C)C)C(=O)/C(C)=C/CC/C(C)=C/CC[C@]1(C)CCc2cc(O)cc(C)c2O1)(c1ccccc1)C(F)(F)F. The summed E-state index contributed by atoms with van der Waals surface area (Å²) < 4.78 is 59.6. The van der Waals surface area contributed by atoms with Crippen molar-refractivity contribution >= 4 is 11.8 Å². The zero-order valence-corrected chi connectivity index (χ0v) is 27.7. The van der Waals surface area contributed by atoms with Crippen molar-refractivity contribution in [1.82, 2.24) is 0 Å². The first-order valence-corrected chi connectivity index (χ1v) is 15.4. The molecule has 1 aliphatic heterocycles. The molecule has 1 aliphatic rings. The second kappa shape index (κ2) is 15.2. The van der Waals surface area contributed by atoms with E-state index in [-0.39, 0.29) is 16.9 Å². The van der Waals surface area contributed by atoms with Crippen LogP contribution in [-0.2, 0) is 31.1 Å². The van der Waals surface area contributed by atoms with Gasteiger partial charge in [-0.05, 0) is 115 Å². The monoisotopic (exact) mass is 642 g/mol. The molecule has 250 valence electrons. The molecule has 0 amide bonds. The van der Waals surface area contributed by atoms with Gasteiger partial charge in [-0.3, -0.25) is 4.79 Å². The Morgan fingerprint density at radius 3 is 2.35 bits per heavy atom. The maximum absolute atomic E-state index is 14.4. The van der Waals surface area contributed by atoms with Gasteiger partial charge in [-0.15, -0.1) is 0 Å². The molecule has 0 saturated carbocycles. The molecule has 2 aromatic rings. The van der Waals surface area contributed by atoms with Gasteiger partial charge in [-0.1, -0.05) is 53.6 Å². The third-order valence-electron chi connectivity index (χ3n) is 8.30. The van der Waals surface area contributed by atoms with E-state index in [1.165, 1.54) is 24.3 Å². The van der Waals surface area contributed by atoms with Crippen molar-refractivity contribution < 1.29 is 42.1 Å². The maximum Gasteiger partial charge on any atom is 0.432 e. The summed E-state index contributed by atoms with van der Waals surface area (Å²) in [6.45, 7) is 10.9. The zero-order valence-electron chi connectivity index (χ0n) is 27.7. The maximum atomic E-state index is 14.4. The van der Waals surface area contributed by atoms with E-state index < -0.39 is 35.2 Å². The average Bonchev–Trinajstić information content (AvgIpc) is 2.97. The van der Waals surface area contributed by atoms with Crippen molar-refractivity contribution in [1.29, 1.82) is 0 Å². The quantitative estimate of drug-likeness (QED) is 0.134. The van der Waals surface area contributed by atoms with Crippen molar-refractivity contribution in [2.75, 3.05) is 7.11 Å². The first kappa shape index (κ1) is 36.6. The number of hydrogen-bond donors (Lipinski definition) is 1. The molecule has 0 aliphatic carbocycles. The number of ether oxygens (including phenoxy) is 3. The van der Waals surface area contributed by atoms with Crippen LogP contribution in [0.2, 0.25) is 0 Å². The highest BCUT2D eigenvalue weighted by atomic mass is 19.4. The van der Waals surface area contributed by atoms with Crippen LogP contribution in [0.15, 0.2) is 77.4 Å². The van der Waals surface area contributed by atoms with Gasteiger partial charge in [0.25, 0.3) is 5.60 Å². The van der Waals surface area contributed by atoms with Crippen LogP contribution in [0.5, 0.6) is 11.5 Å². The number of esters is 1. The number of benzene rings is 2. The number of fused-ring (bicyclic) bond motifs is 1. The van der Waals surface area contributed by atoms with Crippen LogP contribution in [0.1, 0.15) is 83.4 Å². The van der Waals surface area contributed by atoms with Crippen LogP contribution < -0.4 is 4.74 Å². The van der Waals surface area contributed by atoms with E-state index in [2.05, 4.69) is 13.0 Å². The Morgan fingerprint density at radius 1 is 1.07 bits per heavy atom. The normalized spacial score (nSPS) is 18.9. The van der Waals surface area contributed by atoms with Crippen LogP contribution in [0.4, 0.5) is 13.2 Å². The standard InChI is InChI=1S/C37H45F3O6/c1-24(2)21-31(45-34(43)36(44-7,37(38,39)40)29-16-9-8-10-17-29)32(42)26(4)15-11-13-25(3)14-12-19-35(6)20-18-28-23-30(41)22-27(5)33(28)46-35/h8-10,14-17,21-23,31,41H,11-13,18-20H2,1-7H3/b25-14+,26-15+/t31-,35-,36+/m1/s1. The molecule has 9 heteroatoms. The van der Waals surface area contributed by atoms with E-state index in [0.717, 1.165) is 67.4 Å². The molecule has 3 atom stereocenters. The number of rotatable bonds is 13. The highest BCUT2D eigenvalue weighted by molar-refractivity contribution is 6.01. The highest BCUT2D eigenvalue weighted by Gasteiger charge is 2.64. The predicted molar refractivity (Wildman–Crippen MR) is 172 cm³/mol. The van der Waals surface area contributed by atoms with Crippen molar-refractivity contribution in [2.24, 2.45) is 0 Å². The molecule has 6 nitrogen and oxygen atoms in total. The molecule has 0 unspecified atom stereocenters. The van der Waals surface area contributed by atoms with Gasteiger partial charge in [0.1, 0.15) is 17.1 Å². The second-order valence-corrected chi connectivity index (χ2v) is 12.5. The molecule has 0 radical (unpaired) electrons. The van der Waals surface area contributed by atoms with E-state index in [0.29, 0.717) is 18.4 Å². The fourth-order valence-corrected chi connectivity index (χ4v) is 5.65. The molecular formula is C37H45F3O6. The molecule has 0 spiro atoms. The lowest BCUT2D eigenvalue weighted by Crippen LogP contribution is -2.53. The van der Waals surface area contributed by atoms with Crippen LogP contribution in [-0.4, -0.2) is 41.9 Å². The van der Waals surface area contributed by atoms with Crippen molar-refractivity contribution in [3.8, 4) is 11.5 Å². The van der Waals surface area contributed by atoms with Gasteiger partial charge in [0.05, 0.1) is 0 Å². The van der Waals surface area contributed by atoms with Crippen LogP contribution in [0.3, 0.4) is 0 Å². The van der Waals surface area contributed by atoms with Gasteiger partial charge in [-0.25, -0.2) is 4.79 Å². The number of alkyl halides is 3. The Balaban J connectivity index is 1.65. The van der Waals surface area contributed by atoms with Gasteiger partial charge >= 0.3 is 12.1 Å². The number of hydrogen-bond acceptors (Lipinski definition) is 6. The molecule has 1 N–H and O–H groups in total. The van der Waals surface area contributed by atoms with Crippen molar-refractivity contribution in [2.45, 2.75) is 104 Å². The number of carbonyl (C=O) groups is 2. The Labute approximate surface area is 269 Å². The number of carbonyl (C=O) groups excluding carboxylic acids is 2. The van der Waals surface area contributed by atoms with Crippen LogP contribution in [0.25, 0.3) is 0 Å². The molecule has 0 fully saturated rings. The van der Waals surface area contributed by atoms with Gasteiger partial charge in [-0.2, -0.15) is 13.2 Å². The fraction of sp³-hybridized carbons (Fsp3) is 0.459. The number of phenols is 1. The summed E-state index contributed by atoms with van der Waals surface area (Å²) in [4.78, 5) is 26.5. The smallest absolute Gasteiger partial charge is 0.432 e. The lowest BCUT2D eigenvalue weighted by atomic mass is 9.87. The van der Waals surface area contributed by atoms with E-state index in [1.807, 2.05) is 13.8 Å². The summed E-state index contributed by atoms with van der Waals surface area (Å²) >= 11 is 0. The molecule has 1 heterocycles. The summed E-state index contributed by atoms with van der Waals surface area (Å²) in [7, 11) is 0.787. The molecule has 3 rings (SSSR count). The minimum absolute atomic E-state index is 0.249. The van der Waals surface area contributed by atoms with E-state index in [9.17, 15) is 27.9 Å². The Kier molecular flexibility index (Phi) is 12.1. The number of Topliss-reactive ketones (excluding diaryl/α,β-unsaturated/α-hetero) is 1. The number of aromatic hydroxyl groups is 1. The molecule has 2 aromatic carbocycles. The van der Waals surface area contributed by atoms with E-state index in [4.69, 9.17) is 14.2 Å². The minimum Gasteiger partial charge on any atom is -0.508 e. The zero-order chi connectivity index (χ0) is 34.3. The Morgan fingerprint density at radius 2 is 1.74 bits per heavy atom. The van der Waals surface area contributed by atoms with E-state index in [1.54, 1.807) is 39.0 Å². The largest absolute Gasteiger partial charge is 0.508 e. The second-order valence-electron chi connectivity index (χ2n) is 12.5. The van der Waals surface area contributed by atoms with Crippen LogP contribution in [0, 0.1) is 6.92 Å². The third kappa shape index (κ3) is 8.69. The topological polar surface area (TPSA) is 82.1 Å². The molecule has 0 bridgehead atoms. The summed E-state index contributed by atoms with van der Waals surface area (Å²) in [6, 6.07) is 9.98. The van der Waals surface area contributed by atoms with Crippen LogP contribution >= 0.6 is 0 Å². The van der Waals surface area contributed by atoms with Gasteiger partial charge < -0.3 is 19.3 Å². The first-order chi connectivity index (χ1) is 21.5. The highest BCUT2D eigenvalue weighted by Crippen LogP contribution is 2.43. The van der Waals surface area contributed by atoms with E-state index >= 15 is 0 Å².